The molecule has 154 valence electrons. The highest BCUT2D eigenvalue weighted by molar-refractivity contribution is 6.03. The molecule has 29 heavy (non-hydrogen) atoms. The van der Waals surface area contributed by atoms with Crippen LogP contribution in [0.1, 0.15) is 65.7 Å². The number of ether oxygens (including phenoxy) is 1. The van der Waals surface area contributed by atoms with Crippen molar-refractivity contribution in [3.05, 3.63) is 56.4 Å². The van der Waals surface area contributed by atoms with E-state index in [1.54, 1.807) is 13.0 Å². The van der Waals surface area contributed by atoms with E-state index in [9.17, 15) is 20.0 Å². The molecule has 0 saturated heterocycles. The molecule has 0 spiro atoms. The van der Waals surface area contributed by atoms with Crippen molar-refractivity contribution in [3.63, 3.8) is 0 Å². The van der Waals surface area contributed by atoms with Gasteiger partial charge in [0.15, 0.2) is 6.10 Å². The average molecular weight is 396 g/mol. The van der Waals surface area contributed by atoms with Crippen molar-refractivity contribution >= 4 is 5.78 Å². The number of aromatic hydroxyl groups is 1. The molecule has 6 nitrogen and oxygen atoms in total. The predicted molar refractivity (Wildman–Crippen MR) is 112 cm³/mol. The monoisotopic (exact) mass is 396 g/mol. The number of carbonyl (C=O) groups is 1. The van der Waals surface area contributed by atoms with Gasteiger partial charge in [-0.25, -0.2) is 0 Å². The molecular formula is C23H28N2O4. The van der Waals surface area contributed by atoms with E-state index in [2.05, 4.69) is 0 Å². The lowest BCUT2D eigenvalue weighted by Crippen LogP contribution is -2.31. The number of carbonyl (C=O) groups excluding carboxylic acids is 1. The van der Waals surface area contributed by atoms with Crippen molar-refractivity contribution in [2.45, 2.75) is 66.5 Å². The van der Waals surface area contributed by atoms with Crippen LogP contribution < -0.4 is 10.3 Å². The molecule has 0 radical (unpaired) electrons. The highest BCUT2D eigenvalue weighted by atomic mass is 16.5. The topological polar surface area (TPSA) is 92.3 Å². The summed E-state index contributed by atoms with van der Waals surface area (Å²) >= 11 is 0. The number of aromatic nitrogens is 1. The van der Waals surface area contributed by atoms with Gasteiger partial charge < -0.3 is 9.84 Å². The molecule has 1 N–H and O–H groups in total. The van der Waals surface area contributed by atoms with Crippen molar-refractivity contribution in [1.29, 1.82) is 5.26 Å². The van der Waals surface area contributed by atoms with Gasteiger partial charge in [-0.15, -0.1) is 0 Å². The van der Waals surface area contributed by atoms with Gasteiger partial charge in [-0.1, -0.05) is 31.9 Å². The lowest BCUT2D eigenvalue weighted by atomic mass is 9.99. The van der Waals surface area contributed by atoms with Gasteiger partial charge >= 0.3 is 0 Å². The molecule has 0 fully saturated rings. The second-order valence-electron chi connectivity index (χ2n) is 7.30. The quantitative estimate of drug-likeness (QED) is 0.533. The molecule has 1 heterocycles. The lowest BCUT2D eigenvalue weighted by Gasteiger charge is -2.20. The van der Waals surface area contributed by atoms with E-state index >= 15 is 0 Å². The number of benzene rings is 1. The van der Waals surface area contributed by atoms with Crippen LogP contribution in [0.3, 0.4) is 0 Å². The van der Waals surface area contributed by atoms with Gasteiger partial charge in [0.05, 0.1) is 5.56 Å². The molecule has 6 heteroatoms. The summed E-state index contributed by atoms with van der Waals surface area (Å²) in [6, 6.07) is 7.47. The van der Waals surface area contributed by atoms with Crippen LogP contribution >= 0.6 is 0 Å². The first kappa shape index (κ1) is 22.2. The third-order valence-electron chi connectivity index (χ3n) is 5.26. The number of nitriles is 1. The van der Waals surface area contributed by atoms with Crippen LogP contribution in [0.2, 0.25) is 0 Å². The zero-order valence-electron chi connectivity index (χ0n) is 17.7. The highest BCUT2D eigenvalue weighted by Gasteiger charge is 2.28. The van der Waals surface area contributed by atoms with Gasteiger partial charge in [0.25, 0.3) is 5.56 Å². The molecule has 0 aliphatic carbocycles. The van der Waals surface area contributed by atoms with Gasteiger partial charge in [-0.05, 0) is 56.9 Å². The fourth-order valence-electron chi connectivity index (χ4n) is 3.27. The Morgan fingerprint density at radius 1 is 1.24 bits per heavy atom. The standard InChI is InChI=1S/C23H28N2O4/c1-6-7-8-12-25-22(27)18(13-24)16(4)20(23(25)28)21(26)17(5)29-19-11-9-10-14(2)15(19)3/h9-11,17,28H,6-8,12H2,1-5H3. The molecule has 1 atom stereocenters. The maximum Gasteiger partial charge on any atom is 0.271 e. The van der Waals surface area contributed by atoms with Gasteiger partial charge in [0.2, 0.25) is 11.7 Å². The first-order valence-corrected chi connectivity index (χ1v) is 9.88. The number of aryl methyl sites for hydroxylation is 1. The summed E-state index contributed by atoms with van der Waals surface area (Å²) in [7, 11) is 0. The van der Waals surface area contributed by atoms with Crippen LogP contribution in [0, 0.1) is 32.1 Å². The molecular weight excluding hydrogens is 368 g/mol. The number of Topliss-reactive ketones (excluding diaryl/α,β-unsaturated/α-hetero) is 1. The van der Waals surface area contributed by atoms with E-state index in [0.717, 1.165) is 28.5 Å². The van der Waals surface area contributed by atoms with E-state index in [0.29, 0.717) is 12.2 Å². The minimum Gasteiger partial charge on any atom is -0.494 e. The summed E-state index contributed by atoms with van der Waals surface area (Å²) in [6.45, 7) is 9.25. The van der Waals surface area contributed by atoms with E-state index in [-0.39, 0.29) is 23.2 Å². The number of ketones is 1. The fourth-order valence-corrected chi connectivity index (χ4v) is 3.27. The summed E-state index contributed by atoms with van der Waals surface area (Å²) in [5.41, 5.74) is 1.42. The first-order valence-electron chi connectivity index (χ1n) is 9.88. The SMILES string of the molecule is CCCCCn1c(O)c(C(=O)C(C)Oc2cccc(C)c2C)c(C)c(C#N)c1=O. The Bertz CT molecular complexity index is 1020. The molecule has 0 bridgehead atoms. The molecule has 0 amide bonds. The first-order chi connectivity index (χ1) is 13.7. The summed E-state index contributed by atoms with van der Waals surface area (Å²) in [5, 5.41) is 20.2. The van der Waals surface area contributed by atoms with Gasteiger partial charge in [0, 0.05) is 6.54 Å². The Balaban J connectivity index is 2.47. The predicted octanol–water partition coefficient (Wildman–Crippen LogP) is 4.19. The molecule has 0 aliphatic rings. The highest BCUT2D eigenvalue weighted by Crippen LogP contribution is 2.27. The zero-order valence-corrected chi connectivity index (χ0v) is 17.7. The molecule has 0 saturated carbocycles. The number of pyridine rings is 1. The molecule has 1 aromatic heterocycles. The second-order valence-corrected chi connectivity index (χ2v) is 7.30. The minimum absolute atomic E-state index is 0.0320. The van der Waals surface area contributed by atoms with Crippen molar-refractivity contribution in [1.82, 2.24) is 4.57 Å². The second kappa shape index (κ2) is 9.42. The summed E-state index contributed by atoms with van der Waals surface area (Å²) in [6.07, 6.45) is 1.59. The van der Waals surface area contributed by atoms with Crippen molar-refractivity contribution in [2.75, 3.05) is 0 Å². The smallest absolute Gasteiger partial charge is 0.271 e. The largest absolute Gasteiger partial charge is 0.494 e. The van der Waals surface area contributed by atoms with E-state index in [1.165, 1.54) is 6.92 Å². The number of hydrogen-bond acceptors (Lipinski definition) is 5. The summed E-state index contributed by atoms with van der Waals surface area (Å²) < 4.78 is 6.99. The number of hydrogen-bond donors (Lipinski definition) is 1. The Hall–Kier alpha value is -3.07. The maximum atomic E-state index is 13.1. The summed E-state index contributed by atoms with van der Waals surface area (Å²) in [5.74, 6) is -0.287. The zero-order chi connectivity index (χ0) is 21.7. The van der Waals surface area contributed by atoms with Crippen LogP contribution in [0.5, 0.6) is 11.6 Å². The van der Waals surface area contributed by atoms with Gasteiger partial charge in [0.1, 0.15) is 17.4 Å². The van der Waals surface area contributed by atoms with Crippen LogP contribution in [0.4, 0.5) is 0 Å². The van der Waals surface area contributed by atoms with Crippen LogP contribution in [-0.4, -0.2) is 21.6 Å². The van der Waals surface area contributed by atoms with Crippen LogP contribution in [-0.2, 0) is 6.54 Å². The third-order valence-corrected chi connectivity index (χ3v) is 5.26. The molecule has 1 aromatic carbocycles. The number of nitrogens with zero attached hydrogens (tertiary/aromatic N) is 2. The number of unbranched alkanes of at least 4 members (excludes halogenated alkanes) is 2. The maximum absolute atomic E-state index is 13.1. The van der Waals surface area contributed by atoms with Gasteiger partial charge in [-0.3, -0.25) is 14.2 Å². The van der Waals surface area contributed by atoms with E-state index in [4.69, 9.17) is 4.74 Å². The Morgan fingerprint density at radius 3 is 2.55 bits per heavy atom. The Labute approximate surface area is 171 Å². The van der Waals surface area contributed by atoms with E-state index < -0.39 is 23.3 Å². The third kappa shape index (κ3) is 4.51. The van der Waals surface area contributed by atoms with E-state index in [1.807, 2.05) is 39.0 Å². The Kier molecular flexibility index (Phi) is 7.22. The number of rotatable bonds is 8. The van der Waals surface area contributed by atoms with Crippen LogP contribution in [0.25, 0.3) is 0 Å². The minimum atomic E-state index is -0.895. The lowest BCUT2D eigenvalue weighted by molar-refractivity contribution is 0.0811. The normalized spacial score (nSPS) is 11.7. The molecule has 0 aliphatic heterocycles. The van der Waals surface area contributed by atoms with Crippen molar-refractivity contribution in [3.8, 4) is 17.7 Å². The Morgan fingerprint density at radius 2 is 1.93 bits per heavy atom. The average Bonchev–Trinajstić information content (AvgIpc) is 2.68. The van der Waals surface area contributed by atoms with Crippen LogP contribution in [0.15, 0.2) is 23.0 Å². The van der Waals surface area contributed by atoms with Crippen molar-refractivity contribution < 1.29 is 14.6 Å². The summed E-state index contributed by atoms with van der Waals surface area (Å²) in [4.78, 5) is 25.7. The van der Waals surface area contributed by atoms with Gasteiger partial charge in [-0.2, -0.15) is 5.26 Å². The molecule has 2 rings (SSSR count). The fraction of sp³-hybridized carbons (Fsp3) is 0.435. The molecule has 2 aromatic rings. The molecule has 1 unspecified atom stereocenters. The van der Waals surface area contributed by atoms with Crippen molar-refractivity contribution in [2.24, 2.45) is 0 Å².